The lowest BCUT2D eigenvalue weighted by Crippen LogP contribution is -2.36. The maximum atomic E-state index is 12.2. The van der Waals surface area contributed by atoms with Crippen LogP contribution in [-0.2, 0) is 13.6 Å². The zero-order valence-corrected chi connectivity index (χ0v) is 14.7. The SMILES string of the molecule is CCOP(=O)(NC(=O)NC(C)c1ccc(Br)cc1)OCC. The van der Waals surface area contributed by atoms with Gasteiger partial charge in [-0.15, -0.1) is 0 Å². The number of carbonyl (C=O) groups excluding carboxylic acids is 1. The molecule has 0 aromatic heterocycles. The molecule has 0 aliphatic rings. The lowest BCUT2D eigenvalue weighted by atomic mass is 10.1. The molecule has 1 unspecified atom stereocenters. The normalized spacial score (nSPS) is 12.8. The number of amides is 2. The lowest BCUT2D eigenvalue weighted by molar-refractivity contribution is 0.205. The van der Waals surface area contributed by atoms with E-state index in [4.69, 9.17) is 9.05 Å². The third kappa shape index (κ3) is 6.18. The highest BCUT2D eigenvalue weighted by Crippen LogP contribution is 2.43. The summed E-state index contributed by atoms with van der Waals surface area (Å²) in [6.45, 7) is 5.54. The minimum Gasteiger partial charge on any atom is -0.331 e. The van der Waals surface area contributed by atoms with Crippen molar-refractivity contribution in [1.82, 2.24) is 10.4 Å². The summed E-state index contributed by atoms with van der Waals surface area (Å²) < 4.78 is 23.1. The molecule has 8 heteroatoms. The molecule has 1 aromatic carbocycles. The van der Waals surface area contributed by atoms with Crippen molar-refractivity contribution >= 4 is 29.7 Å². The summed E-state index contributed by atoms with van der Waals surface area (Å²) in [5, 5.41) is 4.95. The van der Waals surface area contributed by atoms with Gasteiger partial charge in [-0.1, -0.05) is 28.1 Å². The summed E-state index contributed by atoms with van der Waals surface area (Å²) >= 11 is 3.35. The average Bonchev–Trinajstić information content (AvgIpc) is 2.39. The Kier molecular flexibility index (Phi) is 7.39. The predicted octanol–water partition coefficient (Wildman–Crippen LogP) is 3.99. The fourth-order valence-corrected chi connectivity index (χ4v) is 3.09. The Hall–Kier alpha value is -0.880. The highest BCUT2D eigenvalue weighted by Gasteiger charge is 2.27. The molecule has 1 aromatic rings. The lowest BCUT2D eigenvalue weighted by Gasteiger charge is -2.20. The predicted molar refractivity (Wildman–Crippen MR) is 85.1 cm³/mol. The van der Waals surface area contributed by atoms with E-state index in [1.54, 1.807) is 13.8 Å². The van der Waals surface area contributed by atoms with E-state index in [9.17, 15) is 9.36 Å². The van der Waals surface area contributed by atoms with Gasteiger partial charge in [0.15, 0.2) is 0 Å². The molecular formula is C13H20BrN2O4P. The molecule has 1 atom stereocenters. The maximum absolute atomic E-state index is 12.2. The first kappa shape index (κ1) is 18.2. The van der Waals surface area contributed by atoms with Gasteiger partial charge in [-0.05, 0) is 38.5 Å². The second-order valence-corrected chi connectivity index (χ2v) is 6.84. The van der Waals surface area contributed by atoms with Crippen LogP contribution < -0.4 is 10.4 Å². The van der Waals surface area contributed by atoms with Crippen molar-refractivity contribution in [1.29, 1.82) is 0 Å². The molecule has 0 aliphatic carbocycles. The van der Waals surface area contributed by atoms with Crippen molar-refractivity contribution in [2.45, 2.75) is 26.8 Å². The molecule has 1 rings (SSSR count). The van der Waals surface area contributed by atoms with Gasteiger partial charge in [0.2, 0.25) is 0 Å². The fourth-order valence-electron chi connectivity index (χ4n) is 1.63. The van der Waals surface area contributed by atoms with Gasteiger partial charge < -0.3 is 5.32 Å². The van der Waals surface area contributed by atoms with E-state index in [-0.39, 0.29) is 19.3 Å². The van der Waals surface area contributed by atoms with Gasteiger partial charge in [0.1, 0.15) is 0 Å². The third-order valence-electron chi connectivity index (χ3n) is 2.55. The molecule has 0 spiro atoms. The van der Waals surface area contributed by atoms with Gasteiger partial charge in [0.05, 0.1) is 19.3 Å². The Morgan fingerprint density at radius 1 is 1.24 bits per heavy atom. The van der Waals surface area contributed by atoms with Crippen LogP contribution in [0.3, 0.4) is 0 Å². The van der Waals surface area contributed by atoms with Crippen LogP contribution in [0.25, 0.3) is 0 Å². The Morgan fingerprint density at radius 2 is 1.76 bits per heavy atom. The number of rotatable bonds is 7. The summed E-state index contributed by atoms with van der Waals surface area (Å²) in [6, 6.07) is 6.71. The van der Waals surface area contributed by atoms with Gasteiger partial charge in [0, 0.05) is 4.47 Å². The molecule has 2 N–H and O–H groups in total. The minimum absolute atomic E-state index is 0.180. The largest absolute Gasteiger partial charge is 0.436 e. The third-order valence-corrected chi connectivity index (χ3v) is 4.76. The average molecular weight is 379 g/mol. The van der Waals surface area contributed by atoms with Crippen LogP contribution in [-0.4, -0.2) is 19.2 Å². The number of hydrogen-bond acceptors (Lipinski definition) is 4. The molecule has 2 amide bonds. The van der Waals surface area contributed by atoms with E-state index in [1.807, 2.05) is 31.2 Å². The van der Waals surface area contributed by atoms with Crippen LogP contribution in [0.4, 0.5) is 4.79 Å². The zero-order valence-electron chi connectivity index (χ0n) is 12.3. The van der Waals surface area contributed by atoms with Crippen molar-refractivity contribution in [2.75, 3.05) is 13.2 Å². The first-order chi connectivity index (χ1) is 9.90. The van der Waals surface area contributed by atoms with Gasteiger partial charge in [-0.25, -0.2) is 14.4 Å². The number of hydrogen-bond donors (Lipinski definition) is 2. The summed E-state index contributed by atoms with van der Waals surface area (Å²) in [6.07, 6.45) is 0. The van der Waals surface area contributed by atoms with Crippen LogP contribution in [0, 0.1) is 0 Å². The molecule has 0 saturated heterocycles. The molecular weight excluding hydrogens is 359 g/mol. The van der Waals surface area contributed by atoms with Crippen molar-refractivity contribution in [3.05, 3.63) is 34.3 Å². The Labute approximate surface area is 133 Å². The fraction of sp³-hybridized carbons (Fsp3) is 0.462. The van der Waals surface area contributed by atoms with Crippen LogP contribution in [0.5, 0.6) is 0 Å². The van der Waals surface area contributed by atoms with Gasteiger partial charge in [-0.2, -0.15) is 0 Å². The molecule has 6 nitrogen and oxygen atoms in total. The first-order valence-electron chi connectivity index (χ1n) is 6.63. The number of urea groups is 1. The Balaban J connectivity index is 2.63. The van der Waals surface area contributed by atoms with E-state index in [0.29, 0.717) is 0 Å². The molecule has 21 heavy (non-hydrogen) atoms. The Bertz CT molecular complexity index is 499. The number of benzene rings is 1. The van der Waals surface area contributed by atoms with Gasteiger partial charge in [-0.3, -0.25) is 9.05 Å². The minimum atomic E-state index is -3.60. The quantitative estimate of drug-likeness (QED) is 0.703. The van der Waals surface area contributed by atoms with Crippen molar-refractivity contribution in [3.8, 4) is 0 Å². The van der Waals surface area contributed by atoms with Crippen LogP contribution >= 0.6 is 23.7 Å². The molecule has 0 heterocycles. The highest BCUT2D eigenvalue weighted by molar-refractivity contribution is 9.10. The summed E-state index contributed by atoms with van der Waals surface area (Å²) in [5.41, 5.74) is 0.927. The summed E-state index contributed by atoms with van der Waals surface area (Å²) in [7, 11) is -3.60. The maximum Gasteiger partial charge on any atom is 0.436 e. The molecule has 0 radical (unpaired) electrons. The highest BCUT2D eigenvalue weighted by atomic mass is 79.9. The molecule has 0 aliphatic heterocycles. The topological polar surface area (TPSA) is 76.7 Å². The van der Waals surface area contributed by atoms with E-state index in [1.165, 1.54) is 0 Å². The molecule has 118 valence electrons. The van der Waals surface area contributed by atoms with Crippen LogP contribution in [0.15, 0.2) is 28.7 Å². The van der Waals surface area contributed by atoms with E-state index in [0.717, 1.165) is 10.0 Å². The van der Waals surface area contributed by atoms with E-state index >= 15 is 0 Å². The zero-order chi connectivity index (χ0) is 15.9. The standard InChI is InChI=1S/C13H20BrN2O4P/c1-4-19-21(18,20-5-2)16-13(17)15-10(3)11-6-8-12(14)9-7-11/h6-10H,4-5H2,1-3H3,(H2,15,16,17,18). The second-order valence-electron chi connectivity index (χ2n) is 4.19. The number of halogens is 1. The van der Waals surface area contributed by atoms with Crippen LogP contribution in [0.2, 0.25) is 0 Å². The summed E-state index contributed by atoms with van der Waals surface area (Å²) in [5.74, 6) is 0. The van der Waals surface area contributed by atoms with Crippen molar-refractivity contribution < 1.29 is 18.4 Å². The second kappa shape index (κ2) is 8.54. The smallest absolute Gasteiger partial charge is 0.331 e. The number of carbonyl (C=O) groups is 1. The number of nitrogens with one attached hydrogen (secondary N) is 2. The summed E-state index contributed by atoms with van der Waals surface area (Å²) in [4.78, 5) is 11.9. The van der Waals surface area contributed by atoms with Crippen molar-refractivity contribution in [2.24, 2.45) is 0 Å². The van der Waals surface area contributed by atoms with Gasteiger partial charge >= 0.3 is 13.8 Å². The van der Waals surface area contributed by atoms with Gasteiger partial charge in [0.25, 0.3) is 0 Å². The molecule has 0 fully saturated rings. The first-order valence-corrected chi connectivity index (χ1v) is 8.97. The van der Waals surface area contributed by atoms with Crippen LogP contribution in [0.1, 0.15) is 32.4 Å². The Morgan fingerprint density at radius 3 is 2.24 bits per heavy atom. The van der Waals surface area contributed by atoms with E-state index in [2.05, 4.69) is 26.3 Å². The molecule has 0 bridgehead atoms. The molecule has 0 saturated carbocycles. The van der Waals surface area contributed by atoms with Crippen molar-refractivity contribution in [3.63, 3.8) is 0 Å². The monoisotopic (exact) mass is 378 g/mol. The van der Waals surface area contributed by atoms with E-state index < -0.39 is 13.8 Å².